The fourth-order valence-corrected chi connectivity index (χ4v) is 2.17. The normalized spacial score (nSPS) is 11.6. The molecule has 0 aliphatic rings. The van der Waals surface area contributed by atoms with Crippen molar-refractivity contribution < 1.29 is 4.42 Å². The van der Waals surface area contributed by atoms with E-state index in [0.717, 1.165) is 16.6 Å². The van der Waals surface area contributed by atoms with Gasteiger partial charge in [-0.15, -0.1) is 0 Å². The van der Waals surface area contributed by atoms with Gasteiger partial charge in [0.15, 0.2) is 11.5 Å². The maximum absolute atomic E-state index is 5.81. The molecule has 3 aromatic rings. The molecule has 7 heteroatoms. The van der Waals surface area contributed by atoms with Gasteiger partial charge in [-0.25, -0.2) is 9.98 Å². The number of nitrogens with zero attached hydrogens (tertiary/aromatic N) is 3. The zero-order valence-corrected chi connectivity index (χ0v) is 12.5. The molecule has 7 nitrogen and oxygen atoms in total. The second-order valence-corrected chi connectivity index (χ2v) is 5.05. The van der Waals surface area contributed by atoms with Gasteiger partial charge in [-0.3, -0.25) is 0 Å². The minimum Gasteiger partial charge on any atom is -0.436 e. The van der Waals surface area contributed by atoms with E-state index in [1.165, 1.54) is 0 Å². The van der Waals surface area contributed by atoms with Gasteiger partial charge >= 0.3 is 0 Å². The summed E-state index contributed by atoms with van der Waals surface area (Å²) in [5.74, 6) is 0.388. The van der Waals surface area contributed by atoms with Crippen LogP contribution in [0.25, 0.3) is 22.6 Å². The van der Waals surface area contributed by atoms with Crippen molar-refractivity contribution in [2.75, 3.05) is 0 Å². The molecule has 6 N–H and O–H groups in total. The molecule has 0 saturated heterocycles. The standard InChI is InChI=1S/C16H16N6O/c1-9-3-2-4-10(7-9)14-21-12-6-5-11(8-13(12)23-14)20-16(19)22-15(17)18/h2-8H,1H3,(H6,17,18,19,20,22). The Bertz CT molecular complexity index is 921. The quantitative estimate of drug-likeness (QED) is 0.492. The lowest BCUT2D eigenvalue weighted by Crippen LogP contribution is -2.26. The van der Waals surface area contributed by atoms with Crippen LogP contribution < -0.4 is 17.2 Å². The van der Waals surface area contributed by atoms with Crippen LogP contribution in [0, 0.1) is 6.92 Å². The number of aliphatic imine (C=N–C) groups is 2. The molecular formula is C16H16N6O. The van der Waals surface area contributed by atoms with E-state index in [-0.39, 0.29) is 11.9 Å². The Morgan fingerprint density at radius 2 is 1.91 bits per heavy atom. The fourth-order valence-electron chi connectivity index (χ4n) is 2.17. The van der Waals surface area contributed by atoms with Gasteiger partial charge < -0.3 is 21.6 Å². The van der Waals surface area contributed by atoms with Crippen molar-refractivity contribution in [2.24, 2.45) is 27.2 Å². The van der Waals surface area contributed by atoms with Crippen LogP contribution in [0.2, 0.25) is 0 Å². The zero-order valence-electron chi connectivity index (χ0n) is 12.5. The van der Waals surface area contributed by atoms with E-state index in [1.807, 2.05) is 31.2 Å². The summed E-state index contributed by atoms with van der Waals surface area (Å²) in [6.45, 7) is 2.02. The molecule has 2 aromatic carbocycles. The second kappa shape index (κ2) is 5.80. The summed E-state index contributed by atoms with van der Waals surface area (Å²) < 4.78 is 5.81. The number of nitrogens with two attached hydrogens (primary N) is 3. The van der Waals surface area contributed by atoms with Gasteiger partial charge in [0.1, 0.15) is 5.52 Å². The number of aryl methyl sites for hydroxylation is 1. The van der Waals surface area contributed by atoms with E-state index < -0.39 is 0 Å². The van der Waals surface area contributed by atoms with Gasteiger partial charge in [0.25, 0.3) is 0 Å². The Labute approximate surface area is 132 Å². The average molecular weight is 308 g/mol. The first kappa shape index (κ1) is 14.6. The van der Waals surface area contributed by atoms with Crippen molar-refractivity contribution in [1.82, 2.24) is 4.98 Å². The summed E-state index contributed by atoms with van der Waals surface area (Å²) in [6, 6.07) is 13.3. The lowest BCUT2D eigenvalue weighted by atomic mass is 10.1. The third-order valence-electron chi connectivity index (χ3n) is 3.12. The Morgan fingerprint density at radius 3 is 2.65 bits per heavy atom. The summed E-state index contributed by atoms with van der Waals surface area (Å²) in [7, 11) is 0. The van der Waals surface area contributed by atoms with Gasteiger partial charge in [0.05, 0.1) is 5.69 Å². The summed E-state index contributed by atoms with van der Waals surface area (Å²) in [5.41, 5.74) is 20.1. The second-order valence-electron chi connectivity index (χ2n) is 5.05. The van der Waals surface area contributed by atoms with Gasteiger partial charge in [0.2, 0.25) is 11.9 Å². The zero-order chi connectivity index (χ0) is 16.4. The summed E-state index contributed by atoms with van der Waals surface area (Å²) in [5, 5.41) is 0. The fraction of sp³-hybridized carbons (Fsp3) is 0.0625. The molecule has 1 heterocycles. The maximum Gasteiger partial charge on any atom is 0.227 e. The van der Waals surface area contributed by atoms with Crippen molar-refractivity contribution in [2.45, 2.75) is 6.92 Å². The predicted molar refractivity (Wildman–Crippen MR) is 91.3 cm³/mol. The number of fused-ring (bicyclic) bond motifs is 1. The first-order chi connectivity index (χ1) is 11.0. The molecule has 0 fully saturated rings. The smallest absolute Gasteiger partial charge is 0.227 e. The van der Waals surface area contributed by atoms with Crippen LogP contribution in [-0.2, 0) is 0 Å². The average Bonchev–Trinajstić information content (AvgIpc) is 2.89. The van der Waals surface area contributed by atoms with Crippen LogP contribution in [0.5, 0.6) is 0 Å². The number of rotatable bonds is 2. The predicted octanol–water partition coefficient (Wildman–Crippen LogP) is 2.02. The number of oxazole rings is 1. The molecule has 3 rings (SSSR count). The minimum absolute atomic E-state index is 0.0252. The molecule has 0 saturated carbocycles. The number of benzene rings is 2. The van der Waals surface area contributed by atoms with Crippen LogP contribution >= 0.6 is 0 Å². The molecule has 0 spiro atoms. The topological polar surface area (TPSA) is 129 Å². The first-order valence-electron chi connectivity index (χ1n) is 6.93. The van der Waals surface area contributed by atoms with Gasteiger partial charge in [-0.1, -0.05) is 17.7 Å². The van der Waals surface area contributed by atoms with Crippen molar-refractivity contribution in [3.63, 3.8) is 0 Å². The van der Waals surface area contributed by atoms with E-state index in [0.29, 0.717) is 17.2 Å². The van der Waals surface area contributed by atoms with Crippen LogP contribution in [0.3, 0.4) is 0 Å². The summed E-state index contributed by atoms with van der Waals surface area (Å²) >= 11 is 0. The third-order valence-corrected chi connectivity index (χ3v) is 3.12. The molecule has 0 aliphatic carbocycles. The molecule has 0 aliphatic heterocycles. The van der Waals surface area contributed by atoms with Gasteiger partial charge in [-0.2, -0.15) is 4.99 Å². The highest BCUT2D eigenvalue weighted by atomic mass is 16.3. The van der Waals surface area contributed by atoms with Crippen molar-refractivity contribution >= 4 is 28.7 Å². The molecule has 0 amide bonds. The summed E-state index contributed by atoms with van der Waals surface area (Å²) in [4.78, 5) is 12.3. The molecule has 1 aromatic heterocycles. The van der Waals surface area contributed by atoms with Crippen LogP contribution in [0.15, 0.2) is 56.9 Å². The lowest BCUT2D eigenvalue weighted by molar-refractivity contribution is 0.620. The molecular weight excluding hydrogens is 292 g/mol. The monoisotopic (exact) mass is 308 g/mol. The lowest BCUT2D eigenvalue weighted by Gasteiger charge is -1.96. The highest BCUT2D eigenvalue weighted by molar-refractivity contribution is 5.94. The van der Waals surface area contributed by atoms with Crippen molar-refractivity contribution in [3.8, 4) is 11.5 Å². The molecule has 0 atom stereocenters. The summed E-state index contributed by atoms with van der Waals surface area (Å²) in [6.07, 6.45) is 0. The van der Waals surface area contributed by atoms with E-state index >= 15 is 0 Å². The number of hydrogen-bond donors (Lipinski definition) is 3. The Hall–Kier alpha value is -3.35. The molecule has 0 bridgehead atoms. The first-order valence-corrected chi connectivity index (χ1v) is 6.93. The van der Waals surface area contributed by atoms with Gasteiger partial charge in [0, 0.05) is 11.6 Å². The largest absolute Gasteiger partial charge is 0.436 e. The minimum atomic E-state index is -0.145. The molecule has 0 radical (unpaired) electrons. The number of aromatic nitrogens is 1. The van der Waals surface area contributed by atoms with E-state index in [1.54, 1.807) is 18.2 Å². The van der Waals surface area contributed by atoms with E-state index in [9.17, 15) is 0 Å². The highest BCUT2D eigenvalue weighted by Gasteiger charge is 2.09. The Balaban J connectivity index is 2.00. The van der Waals surface area contributed by atoms with Gasteiger partial charge in [-0.05, 0) is 31.2 Å². The number of hydrogen-bond acceptors (Lipinski definition) is 3. The molecule has 116 valence electrons. The number of guanidine groups is 2. The molecule has 23 heavy (non-hydrogen) atoms. The van der Waals surface area contributed by atoms with Crippen molar-refractivity contribution in [3.05, 3.63) is 48.0 Å². The van der Waals surface area contributed by atoms with Crippen LogP contribution in [0.1, 0.15) is 5.56 Å². The SMILES string of the molecule is Cc1cccc(-c2nc3ccc(N=C(N)N=C(N)N)cc3o2)c1. The third kappa shape index (κ3) is 3.29. The van der Waals surface area contributed by atoms with Crippen LogP contribution in [0.4, 0.5) is 5.69 Å². The van der Waals surface area contributed by atoms with Crippen molar-refractivity contribution in [1.29, 1.82) is 0 Å². The van der Waals surface area contributed by atoms with E-state index in [4.69, 9.17) is 21.6 Å². The maximum atomic E-state index is 5.81. The Kier molecular flexibility index (Phi) is 3.68. The van der Waals surface area contributed by atoms with E-state index in [2.05, 4.69) is 15.0 Å². The Morgan fingerprint density at radius 1 is 1.09 bits per heavy atom. The molecule has 0 unspecified atom stereocenters. The highest BCUT2D eigenvalue weighted by Crippen LogP contribution is 2.27. The van der Waals surface area contributed by atoms with Crippen LogP contribution in [-0.4, -0.2) is 16.9 Å².